The predicted molar refractivity (Wildman–Crippen MR) is 77.3 cm³/mol. The molecule has 0 saturated carbocycles. The van der Waals surface area contributed by atoms with Crippen LogP contribution in [0, 0.1) is 6.92 Å². The molecule has 2 N–H and O–H groups in total. The zero-order valence-corrected chi connectivity index (χ0v) is 11.8. The van der Waals surface area contributed by atoms with Crippen molar-refractivity contribution in [2.45, 2.75) is 13.5 Å². The first kappa shape index (κ1) is 14.6. The molecule has 6 nitrogen and oxygen atoms in total. The molecule has 6 heteroatoms. The van der Waals surface area contributed by atoms with Crippen molar-refractivity contribution in [3.63, 3.8) is 0 Å². The van der Waals surface area contributed by atoms with Crippen molar-refractivity contribution in [1.82, 2.24) is 4.90 Å². The first-order valence-electron chi connectivity index (χ1n) is 6.36. The van der Waals surface area contributed by atoms with Crippen LogP contribution in [0.4, 0.5) is 10.5 Å². The second-order valence-corrected chi connectivity index (χ2v) is 4.64. The molecule has 0 bridgehead atoms. The molecule has 0 fully saturated rings. The number of para-hydroxylation sites is 1. The van der Waals surface area contributed by atoms with Crippen LogP contribution < -0.4 is 5.32 Å². The maximum absolute atomic E-state index is 12.1. The van der Waals surface area contributed by atoms with Gasteiger partial charge in [0.1, 0.15) is 5.76 Å². The minimum absolute atomic E-state index is 0.0544. The summed E-state index contributed by atoms with van der Waals surface area (Å²) in [5.74, 6) is -0.334. The molecule has 1 heterocycles. The highest BCUT2D eigenvalue weighted by Gasteiger charge is 2.15. The second kappa shape index (κ2) is 6.13. The summed E-state index contributed by atoms with van der Waals surface area (Å²) in [6.07, 6.45) is 1.57. The highest BCUT2D eigenvalue weighted by molar-refractivity contribution is 5.99. The number of amides is 2. The van der Waals surface area contributed by atoms with Gasteiger partial charge in [-0.15, -0.1) is 0 Å². The summed E-state index contributed by atoms with van der Waals surface area (Å²) in [5.41, 5.74) is 1.23. The van der Waals surface area contributed by atoms with E-state index in [1.165, 1.54) is 11.0 Å². The van der Waals surface area contributed by atoms with Crippen molar-refractivity contribution < 1.29 is 19.1 Å². The largest absolute Gasteiger partial charge is 0.478 e. The van der Waals surface area contributed by atoms with Crippen molar-refractivity contribution >= 4 is 17.7 Å². The van der Waals surface area contributed by atoms with E-state index >= 15 is 0 Å². The molecular formula is C15H16N2O4. The second-order valence-electron chi connectivity index (χ2n) is 4.64. The first-order valence-corrected chi connectivity index (χ1v) is 6.36. The normalized spacial score (nSPS) is 10.2. The van der Waals surface area contributed by atoms with Gasteiger partial charge in [-0.1, -0.05) is 12.1 Å². The van der Waals surface area contributed by atoms with Gasteiger partial charge in [-0.2, -0.15) is 0 Å². The maximum atomic E-state index is 12.1. The third kappa shape index (κ3) is 3.42. The number of urea groups is 1. The van der Waals surface area contributed by atoms with Crippen LogP contribution >= 0.6 is 0 Å². The number of rotatable bonds is 4. The lowest BCUT2D eigenvalue weighted by molar-refractivity contribution is 0.0698. The Morgan fingerprint density at radius 3 is 2.62 bits per heavy atom. The zero-order chi connectivity index (χ0) is 15.4. The smallest absolute Gasteiger partial charge is 0.337 e. The number of carboxylic acids is 1. The minimum Gasteiger partial charge on any atom is -0.478 e. The van der Waals surface area contributed by atoms with Crippen molar-refractivity contribution in [2.75, 3.05) is 12.4 Å². The van der Waals surface area contributed by atoms with E-state index in [1.54, 1.807) is 37.6 Å². The predicted octanol–water partition coefficient (Wildman–Crippen LogP) is 2.95. The number of aryl methyl sites for hydroxylation is 1. The van der Waals surface area contributed by atoms with E-state index in [4.69, 9.17) is 9.52 Å². The van der Waals surface area contributed by atoms with Gasteiger partial charge < -0.3 is 19.7 Å². The Balaban J connectivity index is 2.08. The molecule has 1 aromatic heterocycles. The standard InChI is InChI=1S/C15H16N2O4/c1-10-11(7-8-21-10)9-17(2)15(20)16-13-6-4-3-5-12(13)14(18)19/h3-8H,9H2,1-2H3,(H,16,20)(H,18,19). The molecule has 0 aliphatic carbocycles. The van der Waals surface area contributed by atoms with Crippen molar-refractivity contribution in [1.29, 1.82) is 0 Å². The molecule has 0 atom stereocenters. The molecular weight excluding hydrogens is 272 g/mol. The highest BCUT2D eigenvalue weighted by atomic mass is 16.4. The molecule has 0 spiro atoms. The minimum atomic E-state index is -1.08. The van der Waals surface area contributed by atoms with Crippen LogP contribution in [0.1, 0.15) is 21.7 Å². The summed E-state index contributed by atoms with van der Waals surface area (Å²) in [6.45, 7) is 2.20. The van der Waals surface area contributed by atoms with Gasteiger partial charge in [-0.25, -0.2) is 9.59 Å². The van der Waals surface area contributed by atoms with Crippen LogP contribution in [0.15, 0.2) is 41.0 Å². The van der Waals surface area contributed by atoms with Gasteiger partial charge >= 0.3 is 12.0 Å². The average molecular weight is 288 g/mol. The summed E-state index contributed by atoms with van der Waals surface area (Å²) >= 11 is 0. The Morgan fingerprint density at radius 2 is 2.00 bits per heavy atom. The van der Waals surface area contributed by atoms with E-state index < -0.39 is 5.97 Å². The third-order valence-corrected chi connectivity index (χ3v) is 3.12. The van der Waals surface area contributed by atoms with E-state index in [1.807, 2.05) is 6.92 Å². The Hall–Kier alpha value is -2.76. The van der Waals surface area contributed by atoms with Gasteiger partial charge in [0.25, 0.3) is 0 Å². The number of carbonyl (C=O) groups is 2. The van der Waals surface area contributed by atoms with Gasteiger partial charge in [0.2, 0.25) is 0 Å². The van der Waals surface area contributed by atoms with E-state index in [0.717, 1.165) is 11.3 Å². The lowest BCUT2D eigenvalue weighted by atomic mass is 10.2. The van der Waals surface area contributed by atoms with E-state index in [9.17, 15) is 9.59 Å². The lowest BCUT2D eigenvalue weighted by Gasteiger charge is -2.18. The zero-order valence-electron chi connectivity index (χ0n) is 11.8. The first-order chi connectivity index (χ1) is 9.99. The fourth-order valence-corrected chi connectivity index (χ4v) is 1.89. The molecule has 0 aliphatic rings. The quantitative estimate of drug-likeness (QED) is 0.906. The summed E-state index contributed by atoms with van der Waals surface area (Å²) in [6, 6.07) is 7.69. The highest BCUT2D eigenvalue weighted by Crippen LogP contribution is 2.16. The Kier molecular flexibility index (Phi) is 4.27. The monoisotopic (exact) mass is 288 g/mol. The van der Waals surface area contributed by atoms with Crippen molar-refractivity contribution in [3.8, 4) is 0 Å². The van der Waals surface area contributed by atoms with Gasteiger partial charge in [-0.3, -0.25) is 0 Å². The van der Waals surface area contributed by atoms with Crippen LogP contribution in [0.3, 0.4) is 0 Å². The number of aromatic carboxylic acids is 1. The molecule has 110 valence electrons. The topological polar surface area (TPSA) is 82.8 Å². The van der Waals surface area contributed by atoms with Crippen LogP contribution in [0.2, 0.25) is 0 Å². The molecule has 0 radical (unpaired) electrons. The fourth-order valence-electron chi connectivity index (χ4n) is 1.89. The third-order valence-electron chi connectivity index (χ3n) is 3.12. The number of nitrogens with zero attached hydrogens (tertiary/aromatic N) is 1. The molecule has 0 unspecified atom stereocenters. The summed E-state index contributed by atoms with van der Waals surface area (Å²) in [7, 11) is 1.63. The van der Waals surface area contributed by atoms with Crippen molar-refractivity contribution in [2.24, 2.45) is 0 Å². The van der Waals surface area contributed by atoms with Gasteiger partial charge in [0.15, 0.2) is 0 Å². The molecule has 2 amide bonds. The van der Waals surface area contributed by atoms with Gasteiger partial charge in [0, 0.05) is 12.6 Å². The number of anilines is 1. The summed E-state index contributed by atoms with van der Waals surface area (Å²) in [5, 5.41) is 11.7. The van der Waals surface area contributed by atoms with Crippen LogP contribution in [-0.2, 0) is 6.54 Å². The summed E-state index contributed by atoms with van der Waals surface area (Å²) < 4.78 is 5.18. The van der Waals surface area contributed by atoms with Crippen LogP contribution in [-0.4, -0.2) is 29.1 Å². The molecule has 21 heavy (non-hydrogen) atoms. The van der Waals surface area contributed by atoms with E-state index in [0.29, 0.717) is 6.54 Å². The molecule has 0 saturated heterocycles. The fraction of sp³-hybridized carbons (Fsp3) is 0.200. The number of nitrogens with one attached hydrogen (secondary N) is 1. The Morgan fingerprint density at radius 1 is 1.29 bits per heavy atom. The number of benzene rings is 1. The number of carboxylic acid groups (broad SMARTS) is 1. The molecule has 1 aromatic carbocycles. The maximum Gasteiger partial charge on any atom is 0.337 e. The number of carbonyl (C=O) groups excluding carboxylic acids is 1. The summed E-state index contributed by atoms with van der Waals surface area (Å²) in [4.78, 5) is 24.7. The van der Waals surface area contributed by atoms with Crippen LogP contribution in [0.5, 0.6) is 0 Å². The average Bonchev–Trinajstić information content (AvgIpc) is 2.84. The van der Waals surface area contributed by atoms with Gasteiger partial charge in [-0.05, 0) is 25.1 Å². The molecule has 0 aliphatic heterocycles. The SMILES string of the molecule is Cc1occc1CN(C)C(=O)Nc1ccccc1C(=O)O. The van der Waals surface area contributed by atoms with Crippen molar-refractivity contribution in [3.05, 3.63) is 53.5 Å². The van der Waals surface area contributed by atoms with Crippen LogP contribution in [0.25, 0.3) is 0 Å². The number of hydrogen-bond donors (Lipinski definition) is 2. The Bertz CT molecular complexity index is 663. The molecule has 2 aromatic rings. The van der Waals surface area contributed by atoms with E-state index in [2.05, 4.69) is 5.32 Å². The lowest BCUT2D eigenvalue weighted by Crippen LogP contribution is -2.31. The number of hydrogen-bond acceptors (Lipinski definition) is 3. The molecule has 2 rings (SSSR count). The van der Waals surface area contributed by atoms with E-state index in [-0.39, 0.29) is 17.3 Å². The number of furan rings is 1. The Labute approximate surface area is 122 Å². The van der Waals surface area contributed by atoms with Gasteiger partial charge in [0.05, 0.1) is 24.1 Å².